The highest BCUT2D eigenvalue weighted by Crippen LogP contribution is 2.29. The zero-order chi connectivity index (χ0) is 21.6. The smallest absolute Gasteiger partial charge is 0.490 e. The molecule has 0 bridgehead atoms. The molecule has 2 aromatic rings. The number of benzene rings is 2. The molecular weight excluding hydrogens is 384 g/mol. The summed E-state index contributed by atoms with van der Waals surface area (Å²) >= 11 is 0. The van der Waals surface area contributed by atoms with Gasteiger partial charge in [0, 0.05) is 0 Å². The number of hydrogen-bond acceptors (Lipinski definition) is 6. The van der Waals surface area contributed by atoms with Gasteiger partial charge in [-0.05, 0) is 37.1 Å². The SMILES string of the molecule is CCCCCCOc1ccccc1OC(=O)c1ccccc1OC(=O)OCCCC. The van der Waals surface area contributed by atoms with Crippen LogP contribution in [0.4, 0.5) is 4.79 Å². The number of rotatable bonds is 12. The maximum absolute atomic E-state index is 12.7. The van der Waals surface area contributed by atoms with Crippen molar-refractivity contribution in [3.63, 3.8) is 0 Å². The minimum atomic E-state index is -0.848. The molecule has 30 heavy (non-hydrogen) atoms. The van der Waals surface area contributed by atoms with Crippen LogP contribution in [0.1, 0.15) is 62.7 Å². The molecule has 0 unspecified atom stereocenters. The molecule has 0 fully saturated rings. The molecule has 0 heterocycles. The fraction of sp³-hybridized carbons (Fsp3) is 0.417. The molecule has 0 spiro atoms. The summed E-state index contributed by atoms with van der Waals surface area (Å²) < 4.78 is 21.5. The van der Waals surface area contributed by atoms with Gasteiger partial charge in [-0.15, -0.1) is 0 Å². The Morgan fingerprint density at radius 1 is 0.700 bits per heavy atom. The minimum Gasteiger partial charge on any atom is -0.490 e. The molecule has 162 valence electrons. The van der Waals surface area contributed by atoms with Crippen LogP contribution in [0.5, 0.6) is 17.2 Å². The molecule has 0 aliphatic rings. The first kappa shape index (κ1) is 23.3. The molecule has 6 nitrogen and oxygen atoms in total. The number of esters is 1. The van der Waals surface area contributed by atoms with Crippen molar-refractivity contribution in [2.24, 2.45) is 0 Å². The summed E-state index contributed by atoms with van der Waals surface area (Å²) in [6.45, 7) is 4.97. The highest BCUT2D eigenvalue weighted by Gasteiger charge is 2.19. The van der Waals surface area contributed by atoms with E-state index in [1.807, 2.05) is 13.0 Å². The molecule has 6 heteroatoms. The standard InChI is InChI=1S/C24H30O6/c1-3-5-7-12-18-27-21-15-10-11-16-22(21)29-23(25)19-13-8-9-14-20(19)30-24(26)28-17-6-4-2/h8-11,13-16H,3-7,12,17-18H2,1-2H3. The van der Waals surface area contributed by atoms with Crippen LogP contribution in [0.15, 0.2) is 48.5 Å². The lowest BCUT2D eigenvalue weighted by molar-refractivity contribution is 0.0720. The number of para-hydroxylation sites is 3. The zero-order valence-corrected chi connectivity index (χ0v) is 17.7. The fourth-order valence-electron chi connectivity index (χ4n) is 2.66. The van der Waals surface area contributed by atoms with Gasteiger partial charge in [-0.25, -0.2) is 9.59 Å². The Morgan fingerprint density at radius 3 is 2.10 bits per heavy atom. The van der Waals surface area contributed by atoms with Gasteiger partial charge in [0.05, 0.1) is 13.2 Å². The van der Waals surface area contributed by atoms with Gasteiger partial charge in [0.1, 0.15) is 11.3 Å². The molecule has 0 saturated carbocycles. The Kier molecular flexibility index (Phi) is 10.3. The molecule has 0 aromatic heterocycles. The third kappa shape index (κ3) is 7.78. The Morgan fingerprint density at radius 2 is 1.37 bits per heavy atom. The van der Waals surface area contributed by atoms with Crippen molar-refractivity contribution in [3.05, 3.63) is 54.1 Å². The maximum atomic E-state index is 12.7. The maximum Gasteiger partial charge on any atom is 0.513 e. The van der Waals surface area contributed by atoms with Gasteiger partial charge >= 0.3 is 12.1 Å². The first-order valence-electron chi connectivity index (χ1n) is 10.5. The van der Waals surface area contributed by atoms with E-state index in [9.17, 15) is 9.59 Å². The summed E-state index contributed by atoms with van der Waals surface area (Å²) in [5, 5.41) is 0. The van der Waals surface area contributed by atoms with Gasteiger partial charge in [0.25, 0.3) is 0 Å². The van der Waals surface area contributed by atoms with Crippen LogP contribution in [0.3, 0.4) is 0 Å². The topological polar surface area (TPSA) is 71.1 Å². The molecule has 0 saturated heterocycles. The second-order valence-electron chi connectivity index (χ2n) is 6.80. The Balaban J connectivity index is 2.02. The molecule has 0 amide bonds. The highest BCUT2D eigenvalue weighted by atomic mass is 16.7. The summed E-state index contributed by atoms with van der Waals surface area (Å²) in [6, 6.07) is 13.4. The Labute approximate surface area is 178 Å². The van der Waals surface area contributed by atoms with Crippen molar-refractivity contribution in [1.29, 1.82) is 0 Å². The number of hydrogen-bond donors (Lipinski definition) is 0. The van der Waals surface area contributed by atoms with Crippen LogP contribution in [-0.2, 0) is 4.74 Å². The molecule has 0 aliphatic carbocycles. The van der Waals surface area contributed by atoms with Crippen molar-refractivity contribution < 1.29 is 28.5 Å². The first-order valence-corrected chi connectivity index (χ1v) is 10.5. The lowest BCUT2D eigenvalue weighted by Crippen LogP contribution is -2.16. The van der Waals surface area contributed by atoms with Crippen LogP contribution in [-0.4, -0.2) is 25.3 Å². The summed E-state index contributed by atoms with van der Waals surface area (Å²) in [5.74, 6) is 0.258. The monoisotopic (exact) mass is 414 g/mol. The van der Waals surface area contributed by atoms with Crippen LogP contribution in [0.2, 0.25) is 0 Å². The largest absolute Gasteiger partial charge is 0.513 e. The van der Waals surface area contributed by atoms with E-state index < -0.39 is 12.1 Å². The number of carbonyl (C=O) groups excluding carboxylic acids is 2. The Hall–Kier alpha value is -3.02. The van der Waals surface area contributed by atoms with E-state index in [2.05, 4.69) is 6.92 Å². The summed E-state index contributed by atoms with van der Waals surface area (Å²) in [5.41, 5.74) is 0.127. The predicted octanol–water partition coefficient (Wildman–Crippen LogP) is 6.18. The average Bonchev–Trinajstić information content (AvgIpc) is 2.75. The van der Waals surface area contributed by atoms with Crippen molar-refractivity contribution in [2.45, 2.75) is 52.4 Å². The van der Waals surface area contributed by atoms with Crippen LogP contribution in [0, 0.1) is 0 Å². The third-order valence-electron chi connectivity index (χ3n) is 4.33. The third-order valence-corrected chi connectivity index (χ3v) is 4.33. The first-order chi connectivity index (χ1) is 14.7. The van der Waals surface area contributed by atoms with E-state index in [4.69, 9.17) is 18.9 Å². The lowest BCUT2D eigenvalue weighted by Gasteiger charge is -2.13. The van der Waals surface area contributed by atoms with Crippen LogP contribution >= 0.6 is 0 Å². The second-order valence-corrected chi connectivity index (χ2v) is 6.80. The summed E-state index contributed by atoms with van der Waals surface area (Å²) in [6.07, 6.45) is 5.15. The van der Waals surface area contributed by atoms with E-state index >= 15 is 0 Å². The second kappa shape index (κ2) is 13.2. The van der Waals surface area contributed by atoms with E-state index in [0.717, 1.165) is 38.5 Å². The number of unbranched alkanes of at least 4 members (excludes halogenated alkanes) is 4. The van der Waals surface area contributed by atoms with E-state index in [-0.39, 0.29) is 17.9 Å². The lowest BCUT2D eigenvalue weighted by atomic mass is 10.2. The molecular formula is C24H30O6. The molecule has 0 atom stereocenters. The van der Waals surface area contributed by atoms with Gasteiger partial charge in [-0.2, -0.15) is 0 Å². The molecule has 0 aliphatic heterocycles. The molecule has 2 aromatic carbocycles. The van der Waals surface area contributed by atoms with Crippen LogP contribution in [0.25, 0.3) is 0 Å². The number of ether oxygens (including phenoxy) is 4. The Bertz CT molecular complexity index is 802. The minimum absolute atomic E-state index is 0.0852. The normalized spacial score (nSPS) is 10.3. The zero-order valence-electron chi connectivity index (χ0n) is 17.7. The molecule has 2 rings (SSSR count). The van der Waals surface area contributed by atoms with Gasteiger partial charge in [-0.1, -0.05) is 63.8 Å². The summed E-state index contributed by atoms with van der Waals surface area (Å²) in [4.78, 5) is 24.6. The van der Waals surface area contributed by atoms with Crippen molar-refractivity contribution in [3.8, 4) is 17.2 Å². The van der Waals surface area contributed by atoms with Crippen molar-refractivity contribution >= 4 is 12.1 Å². The van der Waals surface area contributed by atoms with E-state index in [1.165, 1.54) is 12.1 Å². The van der Waals surface area contributed by atoms with Gasteiger partial charge in [-0.3, -0.25) is 0 Å². The van der Waals surface area contributed by atoms with Gasteiger partial charge in [0.15, 0.2) is 11.5 Å². The molecule has 0 N–H and O–H groups in total. The van der Waals surface area contributed by atoms with Gasteiger partial charge < -0.3 is 18.9 Å². The quantitative estimate of drug-likeness (QED) is 0.179. The number of carbonyl (C=O) groups is 2. The van der Waals surface area contributed by atoms with E-state index in [0.29, 0.717) is 18.1 Å². The highest BCUT2D eigenvalue weighted by molar-refractivity contribution is 5.94. The van der Waals surface area contributed by atoms with E-state index in [1.54, 1.807) is 30.3 Å². The van der Waals surface area contributed by atoms with Gasteiger partial charge in [0.2, 0.25) is 0 Å². The predicted molar refractivity (Wildman–Crippen MR) is 114 cm³/mol. The summed E-state index contributed by atoms with van der Waals surface area (Å²) in [7, 11) is 0. The van der Waals surface area contributed by atoms with Crippen molar-refractivity contribution in [2.75, 3.05) is 13.2 Å². The fourth-order valence-corrected chi connectivity index (χ4v) is 2.66. The average molecular weight is 414 g/mol. The van der Waals surface area contributed by atoms with Crippen LogP contribution < -0.4 is 14.2 Å². The van der Waals surface area contributed by atoms with Crippen molar-refractivity contribution in [1.82, 2.24) is 0 Å². The molecule has 0 radical (unpaired) electrons.